The van der Waals surface area contributed by atoms with Crippen LogP contribution in [0, 0.1) is 5.92 Å². The summed E-state index contributed by atoms with van der Waals surface area (Å²) in [5.41, 5.74) is 2.01. The van der Waals surface area contributed by atoms with Gasteiger partial charge in [0.15, 0.2) is 0 Å². The quantitative estimate of drug-likeness (QED) is 0.819. The number of nitrogens with zero attached hydrogens (tertiary/aromatic N) is 2. The molecule has 3 rings (SSSR count). The molecule has 7 heteroatoms. The first-order chi connectivity index (χ1) is 12.7. The van der Waals surface area contributed by atoms with E-state index in [9.17, 15) is 4.79 Å². The summed E-state index contributed by atoms with van der Waals surface area (Å²) in [6, 6.07) is 9.22. The molecule has 1 aromatic carbocycles. The number of ether oxygens (including phenoxy) is 3. The number of methoxy groups -OCH3 is 2. The van der Waals surface area contributed by atoms with E-state index in [0.717, 1.165) is 31.6 Å². The van der Waals surface area contributed by atoms with E-state index in [-0.39, 0.29) is 11.9 Å². The number of rotatable bonds is 7. The van der Waals surface area contributed by atoms with Crippen LogP contribution in [0.5, 0.6) is 11.9 Å². The van der Waals surface area contributed by atoms with Crippen LogP contribution in [0.25, 0.3) is 11.3 Å². The molecule has 2 aromatic rings. The van der Waals surface area contributed by atoms with E-state index in [1.54, 1.807) is 18.2 Å². The summed E-state index contributed by atoms with van der Waals surface area (Å²) in [6.07, 6.45) is 2.01. The van der Waals surface area contributed by atoms with E-state index in [1.165, 1.54) is 14.2 Å². The summed E-state index contributed by atoms with van der Waals surface area (Å²) in [7, 11) is 3.03. The summed E-state index contributed by atoms with van der Waals surface area (Å²) in [5, 5.41) is 2.97. The predicted molar refractivity (Wildman–Crippen MR) is 96.4 cm³/mol. The standard InChI is InChI=1S/C19H23N3O4/c1-24-17-11-16(21-19(22-17)25-2)14-4-3-5-15(10-14)18(23)20-8-6-13-7-9-26-12-13/h3-5,10-11,13H,6-9,12H2,1-2H3,(H,20,23)/t13-/m0/s1. The Hall–Kier alpha value is -2.67. The van der Waals surface area contributed by atoms with E-state index >= 15 is 0 Å². The summed E-state index contributed by atoms with van der Waals surface area (Å²) < 4.78 is 15.6. The largest absolute Gasteiger partial charge is 0.481 e. The van der Waals surface area contributed by atoms with Crippen LogP contribution < -0.4 is 14.8 Å². The molecule has 1 fully saturated rings. The number of nitrogens with one attached hydrogen (secondary N) is 1. The number of benzene rings is 1. The van der Waals surface area contributed by atoms with Gasteiger partial charge in [0.25, 0.3) is 5.91 Å². The van der Waals surface area contributed by atoms with Gasteiger partial charge in [-0.3, -0.25) is 4.79 Å². The molecule has 1 N–H and O–H groups in total. The van der Waals surface area contributed by atoms with Crippen molar-refractivity contribution in [2.24, 2.45) is 5.92 Å². The van der Waals surface area contributed by atoms with Crippen molar-refractivity contribution in [2.45, 2.75) is 12.8 Å². The minimum Gasteiger partial charge on any atom is -0.481 e. The first kappa shape index (κ1) is 18.1. The molecule has 138 valence electrons. The molecule has 0 radical (unpaired) electrons. The number of hydrogen-bond acceptors (Lipinski definition) is 6. The minimum atomic E-state index is -0.0984. The molecule has 7 nitrogen and oxygen atoms in total. The van der Waals surface area contributed by atoms with Gasteiger partial charge in [0.05, 0.1) is 19.9 Å². The Morgan fingerprint density at radius 2 is 2.15 bits per heavy atom. The normalized spacial score (nSPS) is 16.3. The molecule has 1 aromatic heterocycles. The van der Waals surface area contributed by atoms with Crippen molar-refractivity contribution in [3.63, 3.8) is 0 Å². The van der Waals surface area contributed by atoms with Gasteiger partial charge in [0, 0.05) is 37.0 Å². The maximum absolute atomic E-state index is 12.4. The van der Waals surface area contributed by atoms with Crippen molar-refractivity contribution in [1.82, 2.24) is 15.3 Å². The third-order valence-corrected chi connectivity index (χ3v) is 4.36. The Kier molecular flexibility index (Phi) is 6.01. The molecule has 1 saturated heterocycles. The fourth-order valence-corrected chi connectivity index (χ4v) is 2.87. The highest BCUT2D eigenvalue weighted by Crippen LogP contribution is 2.24. The number of amides is 1. The van der Waals surface area contributed by atoms with Crippen LogP contribution in [0.1, 0.15) is 23.2 Å². The van der Waals surface area contributed by atoms with Gasteiger partial charge in [-0.2, -0.15) is 9.97 Å². The Balaban J connectivity index is 1.70. The highest BCUT2D eigenvalue weighted by Gasteiger charge is 2.16. The van der Waals surface area contributed by atoms with Crippen molar-refractivity contribution in [3.8, 4) is 23.1 Å². The zero-order chi connectivity index (χ0) is 18.4. The van der Waals surface area contributed by atoms with Gasteiger partial charge in [0.2, 0.25) is 5.88 Å². The lowest BCUT2D eigenvalue weighted by Crippen LogP contribution is -2.26. The molecule has 26 heavy (non-hydrogen) atoms. The zero-order valence-corrected chi connectivity index (χ0v) is 15.0. The lowest BCUT2D eigenvalue weighted by Gasteiger charge is -2.10. The van der Waals surface area contributed by atoms with Crippen molar-refractivity contribution >= 4 is 5.91 Å². The predicted octanol–water partition coefficient (Wildman–Crippen LogP) is 2.32. The number of aromatic nitrogens is 2. The summed E-state index contributed by atoms with van der Waals surface area (Å²) >= 11 is 0. The second-order valence-corrected chi connectivity index (χ2v) is 6.14. The maximum atomic E-state index is 12.4. The van der Waals surface area contributed by atoms with Crippen LogP contribution in [0.2, 0.25) is 0 Å². The topological polar surface area (TPSA) is 82.6 Å². The second kappa shape index (κ2) is 8.62. The van der Waals surface area contributed by atoms with Crippen LogP contribution in [0.3, 0.4) is 0 Å². The number of hydrogen-bond donors (Lipinski definition) is 1. The van der Waals surface area contributed by atoms with Gasteiger partial charge in [-0.1, -0.05) is 12.1 Å². The second-order valence-electron chi connectivity index (χ2n) is 6.14. The summed E-state index contributed by atoms with van der Waals surface area (Å²) in [4.78, 5) is 20.8. The van der Waals surface area contributed by atoms with E-state index in [4.69, 9.17) is 14.2 Å². The summed E-state index contributed by atoms with van der Waals surface area (Å²) in [6.45, 7) is 2.27. The van der Waals surface area contributed by atoms with E-state index in [2.05, 4.69) is 15.3 Å². The molecule has 1 aliphatic heterocycles. The fourth-order valence-electron chi connectivity index (χ4n) is 2.87. The van der Waals surface area contributed by atoms with Crippen LogP contribution in [0.4, 0.5) is 0 Å². The molecule has 0 saturated carbocycles. The highest BCUT2D eigenvalue weighted by atomic mass is 16.5. The smallest absolute Gasteiger partial charge is 0.320 e. The van der Waals surface area contributed by atoms with Crippen LogP contribution >= 0.6 is 0 Å². The molecule has 1 atom stereocenters. The van der Waals surface area contributed by atoms with E-state index in [0.29, 0.717) is 29.6 Å². The lowest BCUT2D eigenvalue weighted by atomic mass is 10.0. The third kappa shape index (κ3) is 4.49. The van der Waals surface area contributed by atoms with E-state index < -0.39 is 0 Å². The van der Waals surface area contributed by atoms with Crippen molar-refractivity contribution in [3.05, 3.63) is 35.9 Å². The highest BCUT2D eigenvalue weighted by molar-refractivity contribution is 5.95. The molecule has 0 spiro atoms. The first-order valence-corrected chi connectivity index (χ1v) is 8.63. The molecular formula is C19H23N3O4. The lowest BCUT2D eigenvalue weighted by molar-refractivity contribution is 0.0950. The molecule has 0 bridgehead atoms. The minimum absolute atomic E-state index is 0.0984. The summed E-state index contributed by atoms with van der Waals surface area (Å²) in [5.74, 6) is 0.849. The van der Waals surface area contributed by atoms with Gasteiger partial charge >= 0.3 is 6.01 Å². The van der Waals surface area contributed by atoms with Gasteiger partial charge in [-0.05, 0) is 30.9 Å². The number of carbonyl (C=O) groups excluding carboxylic acids is 1. The SMILES string of the molecule is COc1cc(-c2cccc(C(=O)NCC[C@H]3CCOC3)c2)nc(OC)n1. The molecule has 2 heterocycles. The van der Waals surface area contributed by atoms with Gasteiger partial charge in [-0.15, -0.1) is 0 Å². The molecule has 1 amide bonds. The van der Waals surface area contributed by atoms with Gasteiger partial charge < -0.3 is 19.5 Å². The van der Waals surface area contributed by atoms with Gasteiger partial charge in [-0.25, -0.2) is 0 Å². The maximum Gasteiger partial charge on any atom is 0.320 e. The van der Waals surface area contributed by atoms with Crippen LogP contribution in [-0.4, -0.2) is 49.9 Å². The Bertz CT molecular complexity index is 738. The Labute approximate surface area is 152 Å². The van der Waals surface area contributed by atoms with Crippen molar-refractivity contribution < 1.29 is 19.0 Å². The molecule has 1 aliphatic rings. The van der Waals surface area contributed by atoms with Gasteiger partial charge in [0.1, 0.15) is 0 Å². The zero-order valence-electron chi connectivity index (χ0n) is 15.0. The Morgan fingerprint density at radius 3 is 2.88 bits per heavy atom. The van der Waals surface area contributed by atoms with Crippen LogP contribution in [-0.2, 0) is 4.74 Å². The van der Waals surface area contributed by atoms with Crippen LogP contribution in [0.15, 0.2) is 30.3 Å². The van der Waals surface area contributed by atoms with Crippen molar-refractivity contribution in [2.75, 3.05) is 34.0 Å². The first-order valence-electron chi connectivity index (χ1n) is 8.63. The Morgan fingerprint density at radius 1 is 1.27 bits per heavy atom. The molecule has 0 aliphatic carbocycles. The molecule has 0 unspecified atom stereocenters. The average Bonchev–Trinajstić information content (AvgIpc) is 3.21. The third-order valence-electron chi connectivity index (χ3n) is 4.36. The van der Waals surface area contributed by atoms with Crippen molar-refractivity contribution in [1.29, 1.82) is 0 Å². The average molecular weight is 357 g/mol. The number of carbonyl (C=O) groups is 1. The van der Waals surface area contributed by atoms with E-state index in [1.807, 2.05) is 12.1 Å². The fraction of sp³-hybridized carbons (Fsp3) is 0.421. The molecular weight excluding hydrogens is 334 g/mol. The monoisotopic (exact) mass is 357 g/mol.